The van der Waals surface area contributed by atoms with Gasteiger partial charge in [-0.25, -0.2) is 0 Å². The van der Waals surface area contributed by atoms with E-state index in [0.717, 1.165) is 4.47 Å². The van der Waals surface area contributed by atoms with E-state index in [0.29, 0.717) is 18.6 Å². The molecule has 0 bridgehead atoms. The normalized spacial score (nSPS) is 22.9. The van der Waals surface area contributed by atoms with Gasteiger partial charge in [-0.3, -0.25) is 4.90 Å². The molecule has 0 aromatic heterocycles. The monoisotopic (exact) mass is 296 g/mol. The van der Waals surface area contributed by atoms with E-state index in [4.69, 9.17) is 5.73 Å². The van der Waals surface area contributed by atoms with Crippen LogP contribution in [-0.4, -0.2) is 24.0 Å². The lowest BCUT2D eigenvalue weighted by Gasteiger charge is -2.32. The van der Waals surface area contributed by atoms with Crippen molar-refractivity contribution in [3.8, 4) is 0 Å². The summed E-state index contributed by atoms with van der Waals surface area (Å²) in [7, 11) is 0. The zero-order valence-corrected chi connectivity index (χ0v) is 12.0. The minimum absolute atomic E-state index is 0.375. The summed E-state index contributed by atoms with van der Waals surface area (Å²) in [5, 5.41) is 0. The van der Waals surface area contributed by atoms with E-state index in [9.17, 15) is 0 Å². The predicted octanol–water partition coefficient (Wildman–Crippen LogP) is 3.32. The van der Waals surface area contributed by atoms with Gasteiger partial charge in [0.2, 0.25) is 0 Å². The highest BCUT2D eigenvalue weighted by atomic mass is 79.9. The van der Waals surface area contributed by atoms with Crippen molar-refractivity contribution in [1.82, 2.24) is 4.90 Å². The highest BCUT2D eigenvalue weighted by Crippen LogP contribution is 2.31. The largest absolute Gasteiger partial charge is 0.329 e. The molecule has 2 rings (SSSR count). The van der Waals surface area contributed by atoms with Gasteiger partial charge in [0, 0.05) is 23.1 Å². The quantitative estimate of drug-likeness (QED) is 0.923. The molecule has 3 heteroatoms. The van der Waals surface area contributed by atoms with Gasteiger partial charge >= 0.3 is 0 Å². The second kappa shape index (κ2) is 5.98. The molecule has 1 aromatic rings. The molecule has 1 aromatic carbocycles. The zero-order chi connectivity index (χ0) is 12.3. The fourth-order valence-electron chi connectivity index (χ4n) is 2.88. The van der Waals surface area contributed by atoms with Gasteiger partial charge in [-0.05, 0) is 43.5 Å². The molecule has 1 saturated heterocycles. The smallest absolute Gasteiger partial charge is 0.0473 e. The number of likely N-dealkylation sites (tertiary alicyclic amines) is 1. The second-order valence-corrected chi connectivity index (χ2v) is 5.66. The van der Waals surface area contributed by atoms with Gasteiger partial charge in [0.05, 0.1) is 0 Å². The summed E-state index contributed by atoms with van der Waals surface area (Å²) in [6.07, 6.45) is 3.86. The van der Waals surface area contributed by atoms with E-state index < -0.39 is 0 Å². The van der Waals surface area contributed by atoms with E-state index in [2.05, 4.69) is 52.0 Å². The van der Waals surface area contributed by atoms with E-state index in [1.165, 1.54) is 31.4 Å². The summed E-state index contributed by atoms with van der Waals surface area (Å²) in [5.41, 5.74) is 7.33. The van der Waals surface area contributed by atoms with Gasteiger partial charge in [0.15, 0.2) is 0 Å². The Morgan fingerprint density at radius 1 is 1.53 bits per heavy atom. The fourth-order valence-corrected chi connectivity index (χ4v) is 3.30. The molecule has 0 amide bonds. The summed E-state index contributed by atoms with van der Waals surface area (Å²) < 4.78 is 1.14. The minimum Gasteiger partial charge on any atom is -0.329 e. The van der Waals surface area contributed by atoms with Gasteiger partial charge in [-0.2, -0.15) is 0 Å². The number of hydrogen-bond acceptors (Lipinski definition) is 2. The Bertz CT molecular complexity index is 367. The van der Waals surface area contributed by atoms with Crippen LogP contribution < -0.4 is 5.73 Å². The van der Waals surface area contributed by atoms with Crippen molar-refractivity contribution in [1.29, 1.82) is 0 Å². The number of nitrogens with two attached hydrogens (primary N) is 1. The number of hydrogen-bond donors (Lipinski definition) is 1. The lowest BCUT2D eigenvalue weighted by Crippen LogP contribution is -2.37. The molecule has 1 fully saturated rings. The Morgan fingerprint density at radius 3 is 3.00 bits per heavy atom. The van der Waals surface area contributed by atoms with Crippen LogP contribution in [0.25, 0.3) is 0 Å². The number of nitrogens with zero attached hydrogens (tertiary/aromatic N) is 1. The average Bonchev–Trinajstić information content (AvgIpc) is 2.78. The van der Waals surface area contributed by atoms with Crippen LogP contribution in [0.1, 0.15) is 37.8 Å². The lowest BCUT2D eigenvalue weighted by molar-refractivity contribution is 0.180. The van der Waals surface area contributed by atoms with Crippen LogP contribution in [0.3, 0.4) is 0 Å². The molecule has 2 unspecified atom stereocenters. The highest BCUT2D eigenvalue weighted by Gasteiger charge is 2.29. The van der Waals surface area contributed by atoms with Gasteiger partial charge in [0.25, 0.3) is 0 Å². The molecule has 0 radical (unpaired) electrons. The first kappa shape index (κ1) is 13.1. The first-order valence-electron chi connectivity index (χ1n) is 6.47. The van der Waals surface area contributed by atoms with E-state index in [1.54, 1.807) is 0 Å². The van der Waals surface area contributed by atoms with Crippen molar-refractivity contribution in [3.05, 3.63) is 34.3 Å². The molecule has 2 atom stereocenters. The SMILES string of the molecule is CCC1CCCN1C(CN)c1cccc(Br)c1. The van der Waals surface area contributed by atoms with Crippen LogP contribution >= 0.6 is 15.9 Å². The fraction of sp³-hybridized carbons (Fsp3) is 0.571. The van der Waals surface area contributed by atoms with Crippen LogP contribution in [0, 0.1) is 0 Å². The Kier molecular flexibility index (Phi) is 4.60. The molecule has 17 heavy (non-hydrogen) atoms. The van der Waals surface area contributed by atoms with Gasteiger partial charge in [0.1, 0.15) is 0 Å². The van der Waals surface area contributed by atoms with Gasteiger partial charge < -0.3 is 5.73 Å². The van der Waals surface area contributed by atoms with Crippen molar-refractivity contribution in [2.75, 3.05) is 13.1 Å². The van der Waals surface area contributed by atoms with Crippen molar-refractivity contribution >= 4 is 15.9 Å². The second-order valence-electron chi connectivity index (χ2n) is 4.75. The third-order valence-corrected chi connectivity index (χ3v) is 4.24. The number of benzene rings is 1. The molecule has 0 saturated carbocycles. The Hall–Kier alpha value is -0.380. The molecule has 1 aliphatic heterocycles. The minimum atomic E-state index is 0.375. The van der Waals surface area contributed by atoms with Crippen molar-refractivity contribution < 1.29 is 0 Å². The van der Waals surface area contributed by atoms with Crippen molar-refractivity contribution in [2.24, 2.45) is 5.73 Å². The van der Waals surface area contributed by atoms with E-state index in [1.807, 2.05) is 0 Å². The highest BCUT2D eigenvalue weighted by molar-refractivity contribution is 9.10. The molecule has 94 valence electrons. The molecule has 0 spiro atoms. The maximum absolute atomic E-state index is 5.99. The van der Waals surface area contributed by atoms with E-state index in [-0.39, 0.29) is 0 Å². The van der Waals surface area contributed by atoms with Gasteiger partial charge in [-0.1, -0.05) is 35.0 Å². The summed E-state index contributed by atoms with van der Waals surface area (Å²) in [4.78, 5) is 2.59. The van der Waals surface area contributed by atoms with Crippen LogP contribution in [0.2, 0.25) is 0 Å². The summed E-state index contributed by atoms with van der Waals surface area (Å²) in [5.74, 6) is 0. The van der Waals surface area contributed by atoms with Crippen LogP contribution in [0.4, 0.5) is 0 Å². The van der Waals surface area contributed by atoms with Crippen molar-refractivity contribution in [2.45, 2.75) is 38.3 Å². The van der Waals surface area contributed by atoms with Crippen LogP contribution in [-0.2, 0) is 0 Å². The maximum atomic E-state index is 5.99. The molecule has 1 heterocycles. The van der Waals surface area contributed by atoms with E-state index >= 15 is 0 Å². The molecule has 2 N–H and O–H groups in total. The lowest BCUT2D eigenvalue weighted by atomic mass is 10.0. The third kappa shape index (κ3) is 2.90. The topological polar surface area (TPSA) is 29.3 Å². The molecule has 2 nitrogen and oxygen atoms in total. The Labute approximate surface area is 112 Å². The summed E-state index contributed by atoms with van der Waals surface area (Å²) in [6, 6.07) is 9.63. The Morgan fingerprint density at radius 2 is 2.35 bits per heavy atom. The van der Waals surface area contributed by atoms with Gasteiger partial charge in [-0.15, -0.1) is 0 Å². The summed E-state index contributed by atoms with van der Waals surface area (Å²) >= 11 is 3.54. The number of rotatable bonds is 4. The predicted molar refractivity (Wildman–Crippen MR) is 76.0 cm³/mol. The molecular weight excluding hydrogens is 276 g/mol. The zero-order valence-electron chi connectivity index (χ0n) is 10.4. The molecule has 1 aliphatic rings. The van der Waals surface area contributed by atoms with Crippen LogP contribution in [0.15, 0.2) is 28.7 Å². The van der Waals surface area contributed by atoms with Crippen LogP contribution in [0.5, 0.6) is 0 Å². The first-order valence-corrected chi connectivity index (χ1v) is 7.26. The standard InChI is InChI=1S/C14H21BrN2/c1-2-13-7-4-8-17(13)14(10-16)11-5-3-6-12(15)9-11/h3,5-6,9,13-14H,2,4,7-8,10,16H2,1H3. The molecular formula is C14H21BrN2. The third-order valence-electron chi connectivity index (χ3n) is 3.75. The Balaban J connectivity index is 2.21. The van der Waals surface area contributed by atoms with Crippen molar-refractivity contribution in [3.63, 3.8) is 0 Å². The molecule has 0 aliphatic carbocycles. The number of halogens is 1. The summed E-state index contributed by atoms with van der Waals surface area (Å²) in [6.45, 7) is 4.16. The average molecular weight is 297 g/mol. The first-order chi connectivity index (χ1) is 8.26. The maximum Gasteiger partial charge on any atom is 0.0473 e.